The van der Waals surface area contributed by atoms with E-state index in [1.54, 1.807) is 12.1 Å². The molecule has 7 heteroatoms. The van der Waals surface area contributed by atoms with Crippen LogP contribution in [-0.2, 0) is 12.7 Å². The van der Waals surface area contributed by atoms with Crippen LogP contribution in [0, 0.1) is 11.3 Å². The zero-order valence-electron chi connectivity index (χ0n) is 11.5. The maximum absolute atomic E-state index is 12.9. The summed E-state index contributed by atoms with van der Waals surface area (Å²) in [5.74, 6) is 0.348. The lowest BCUT2D eigenvalue weighted by Gasteiger charge is -2.10. The number of nitrogens with zero attached hydrogens (tertiary/aromatic N) is 4. The highest BCUT2D eigenvalue weighted by atomic mass is 19.4. The monoisotopic (exact) mass is 294 g/mol. The molecule has 0 aliphatic carbocycles. The molecule has 4 nitrogen and oxygen atoms in total. The zero-order valence-corrected chi connectivity index (χ0v) is 11.5. The number of hydrogen-bond donors (Lipinski definition) is 0. The average Bonchev–Trinajstić information content (AvgIpc) is 2.82. The fraction of sp³-hybridized carbons (Fsp3) is 0.357. The van der Waals surface area contributed by atoms with Crippen molar-refractivity contribution in [3.8, 4) is 6.07 Å². The van der Waals surface area contributed by atoms with E-state index in [-0.39, 0.29) is 6.54 Å². The van der Waals surface area contributed by atoms with Gasteiger partial charge in [0.2, 0.25) is 0 Å². The van der Waals surface area contributed by atoms with Crippen LogP contribution in [0.3, 0.4) is 0 Å². The second kappa shape index (κ2) is 5.56. The van der Waals surface area contributed by atoms with E-state index in [9.17, 15) is 13.2 Å². The average molecular weight is 294 g/mol. The SMILES string of the molecule is CC(C)c1ccc(Cn2nnc(C#N)c2C(F)(F)F)cc1. The Balaban J connectivity index is 2.32. The van der Waals surface area contributed by atoms with Crippen LogP contribution in [0.2, 0.25) is 0 Å². The van der Waals surface area contributed by atoms with Crippen molar-refractivity contribution in [2.24, 2.45) is 0 Å². The van der Waals surface area contributed by atoms with E-state index >= 15 is 0 Å². The number of nitriles is 1. The van der Waals surface area contributed by atoms with Crippen LogP contribution in [0.25, 0.3) is 0 Å². The first-order chi connectivity index (χ1) is 9.82. The topological polar surface area (TPSA) is 54.5 Å². The second-order valence-corrected chi connectivity index (χ2v) is 4.95. The summed E-state index contributed by atoms with van der Waals surface area (Å²) in [6.07, 6.45) is -4.66. The van der Waals surface area contributed by atoms with E-state index in [4.69, 9.17) is 5.26 Å². The fourth-order valence-corrected chi connectivity index (χ4v) is 1.96. The van der Waals surface area contributed by atoms with Crippen molar-refractivity contribution in [1.82, 2.24) is 15.0 Å². The van der Waals surface area contributed by atoms with E-state index in [1.807, 2.05) is 26.0 Å². The summed E-state index contributed by atoms with van der Waals surface area (Å²) >= 11 is 0. The van der Waals surface area contributed by atoms with Crippen molar-refractivity contribution in [1.29, 1.82) is 5.26 Å². The Labute approximate surface area is 119 Å². The highest BCUT2D eigenvalue weighted by Crippen LogP contribution is 2.31. The molecule has 0 bridgehead atoms. The minimum absolute atomic E-state index is 0.0814. The molecule has 0 aliphatic heterocycles. The molecule has 0 unspecified atom stereocenters. The van der Waals surface area contributed by atoms with E-state index in [2.05, 4.69) is 10.3 Å². The number of hydrogen-bond acceptors (Lipinski definition) is 3. The van der Waals surface area contributed by atoms with Crippen LogP contribution >= 0.6 is 0 Å². The van der Waals surface area contributed by atoms with Crippen LogP contribution in [0.5, 0.6) is 0 Å². The Morgan fingerprint density at radius 3 is 2.33 bits per heavy atom. The lowest BCUT2D eigenvalue weighted by molar-refractivity contribution is -0.144. The predicted octanol–water partition coefficient (Wildman–Crippen LogP) is 3.34. The van der Waals surface area contributed by atoms with Gasteiger partial charge in [-0.05, 0) is 17.0 Å². The molecule has 1 aromatic carbocycles. The summed E-state index contributed by atoms with van der Waals surface area (Å²) in [7, 11) is 0. The minimum atomic E-state index is -4.66. The number of halogens is 3. The van der Waals surface area contributed by atoms with E-state index in [0.29, 0.717) is 16.2 Å². The summed E-state index contributed by atoms with van der Waals surface area (Å²) in [6.45, 7) is 3.99. The molecule has 0 aliphatic rings. The largest absolute Gasteiger partial charge is 0.436 e. The fourth-order valence-electron chi connectivity index (χ4n) is 1.96. The highest BCUT2D eigenvalue weighted by Gasteiger charge is 2.39. The van der Waals surface area contributed by atoms with Crippen molar-refractivity contribution >= 4 is 0 Å². The first kappa shape index (κ1) is 15.0. The van der Waals surface area contributed by atoms with Gasteiger partial charge in [-0.15, -0.1) is 5.10 Å². The molecule has 1 heterocycles. The quantitative estimate of drug-likeness (QED) is 0.872. The zero-order chi connectivity index (χ0) is 15.6. The highest BCUT2D eigenvalue weighted by molar-refractivity contribution is 5.29. The van der Waals surface area contributed by atoms with Crippen LogP contribution in [-0.4, -0.2) is 15.0 Å². The summed E-state index contributed by atoms with van der Waals surface area (Å²) in [6, 6.07) is 8.67. The van der Waals surface area contributed by atoms with Gasteiger partial charge in [0.1, 0.15) is 6.07 Å². The molecule has 0 fully saturated rings. The molecule has 0 amide bonds. The summed E-state index contributed by atoms with van der Waals surface area (Å²) < 4.78 is 39.6. The third-order valence-electron chi connectivity index (χ3n) is 3.09. The van der Waals surface area contributed by atoms with Crippen LogP contribution in [0.4, 0.5) is 13.2 Å². The van der Waals surface area contributed by atoms with Gasteiger partial charge in [0, 0.05) is 0 Å². The molecule has 0 radical (unpaired) electrons. The predicted molar refractivity (Wildman–Crippen MR) is 69.4 cm³/mol. The van der Waals surface area contributed by atoms with Gasteiger partial charge >= 0.3 is 6.18 Å². The van der Waals surface area contributed by atoms with Crippen LogP contribution < -0.4 is 0 Å². The molecule has 2 aromatic rings. The maximum atomic E-state index is 12.9. The molecule has 0 atom stereocenters. The van der Waals surface area contributed by atoms with Crippen molar-refractivity contribution in [2.75, 3.05) is 0 Å². The molecule has 0 spiro atoms. The second-order valence-electron chi connectivity index (χ2n) is 4.95. The molecular weight excluding hydrogens is 281 g/mol. The maximum Gasteiger partial charge on any atom is 0.436 e. The van der Waals surface area contributed by atoms with Gasteiger partial charge in [-0.1, -0.05) is 43.3 Å². The normalized spacial score (nSPS) is 11.7. The van der Waals surface area contributed by atoms with E-state index in [1.165, 1.54) is 6.07 Å². The molecule has 2 rings (SSSR count). The summed E-state index contributed by atoms with van der Waals surface area (Å²) in [5.41, 5.74) is -0.0513. The molecule has 0 saturated heterocycles. The first-order valence-electron chi connectivity index (χ1n) is 6.32. The van der Waals surface area contributed by atoms with Crippen LogP contribution in [0.1, 0.15) is 42.3 Å². The third-order valence-corrected chi connectivity index (χ3v) is 3.09. The van der Waals surface area contributed by atoms with Crippen molar-refractivity contribution in [3.05, 3.63) is 46.8 Å². The smallest absolute Gasteiger partial charge is 0.234 e. The van der Waals surface area contributed by atoms with E-state index in [0.717, 1.165) is 5.56 Å². The van der Waals surface area contributed by atoms with E-state index < -0.39 is 17.6 Å². The molecular formula is C14H13F3N4. The Hall–Kier alpha value is -2.36. The lowest BCUT2D eigenvalue weighted by Crippen LogP contribution is -2.16. The minimum Gasteiger partial charge on any atom is -0.234 e. The van der Waals surface area contributed by atoms with Gasteiger partial charge in [0.05, 0.1) is 6.54 Å². The first-order valence-corrected chi connectivity index (χ1v) is 6.32. The number of aromatic nitrogens is 3. The molecule has 110 valence electrons. The van der Waals surface area contributed by atoms with Gasteiger partial charge in [-0.25, -0.2) is 4.68 Å². The Morgan fingerprint density at radius 1 is 1.24 bits per heavy atom. The van der Waals surface area contributed by atoms with Crippen molar-refractivity contribution in [3.63, 3.8) is 0 Å². The Kier molecular flexibility index (Phi) is 3.98. The Bertz CT molecular complexity index is 663. The third kappa shape index (κ3) is 3.21. The van der Waals surface area contributed by atoms with Gasteiger partial charge in [0.15, 0.2) is 11.4 Å². The molecule has 21 heavy (non-hydrogen) atoms. The standard InChI is InChI=1S/C14H13F3N4/c1-9(2)11-5-3-10(4-6-11)8-21-13(14(15,16)17)12(7-18)19-20-21/h3-6,9H,8H2,1-2H3. The summed E-state index contributed by atoms with van der Waals surface area (Å²) in [4.78, 5) is 0. The number of alkyl halides is 3. The van der Waals surface area contributed by atoms with Gasteiger partial charge in [-0.3, -0.25) is 0 Å². The number of rotatable bonds is 3. The molecule has 1 aromatic heterocycles. The van der Waals surface area contributed by atoms with Crippen LogP contribution in [0.15, 0.2) is 24.3 Å². The van der Waals surface area contributed by atoms with Gasteiger partial charge in [-0.2, -0.15) is 18.4 Å². The van der Waals surface area contributed by atoms with Gasteiger partial charge in [0.25, 0.3) is 0 Å². The van der Waals surface area contributed by atoms with Crippen molar-refractivity contribution < 1.29 is 13.2 Å². The summed E-state index contributed by atoms with van der Waals surface area (Å²) in [5, 5.41) is 15.4. The van der Waals surface area contributed by atoms with Crippen molar-refractivity contribution in [2.45, 2.75) is 32.5 Å². The lowest BCUT2D eigenvalue weighted by atomic mass is 10.0. The Morgan fingerprint density at radius 2 is 1.86 bits per heavy atom. The molecule has 0 N–H and O–H groups in total. The van der Waals surface area contributed by atoms with Gasteiger partial charge < -0.3 is 0 Å². The number of benzene rings is 1. The molecule has 0 saturated carbocycles.